The summed E-state index contributed by atoms with van der Waals surface area (Å²) in [6.45, 7) is 2.17. The van der Waals surface area contributed by atoms with Crippen molar-refractivity contribution in [2.45, 2.75) is 22.6 Å². The zero-order valence-electron chi connectivity index (χ0n) is 18.6. The van der Waals surface area contributed by atoms with Crippen molar-refractivity contribution >= 4 is 45.1 Å². The molecule has 2 atom stereocenters. The molecule has 0 bridgehead atoms. The maximum absolute atomic E-state index is 12.9. The van der Waals surface area contributed by atoms with Gasteiger partial charge in [-0.1, -0.05) is 12.1 Å². The third-order valence-electron chi connectivity index (χ3n) is 4.88. The van der Waals surface area contributed by atoms with Crippen LogP contribution in [0.3, 0.4) is 0 Å². The molecule has 1 heterocycles. The summed E-state index contributed by atoms with van der Waals surface area (Å²) in [6.07, 6.45) is 0. The lowest BCUT2D eigenvalue weighted by molar-refractivity contribution is -0.122. The molecule has 1 aliphatic rings. The summed E-state index contributed by atoms with van der Waals surface area (Å²) in [4.78, 5) is 36.8. The van der Waals surface area contributed by atoms with E-state index in [9.17, 15) is 22.8 Å². The van der Waals surface area contributed by atoms with Gasteiger partial charge in [0.2, 0.25) is 11.8 Å². The van der Waals surface area contributed by atoms with E-state index in [1.165, 1.54) is 25.3 Å². The molecule has 1 fully saturated rings. The Morgan fingerprint density at radius 1 is 1.15 bits per heavy atom. The summed E-state index contributed by atoms with van der Waals surface area (Å²) >= 11 is 1.08. The normalized spacial score (nSPS) is 18.0. The third kappa shape index (κ3) is 6.07. The molecule has 0 spiro atoms. The lowest BCUT2D eigenvalue weighted by atomic mass is 10.2. The fourth-order valence-electron chi connectivity index (χ4n) is 3.21. The Hall–Kier alpha value is -3.09. The van der Waals surface area contributed by atoms with E-state index in [2.05, 4.69) is 16.0 Å². The van der Waals surface area contributed by atoms with Crippen molar-refractivity contribution in [3.63, 3.8) is 0 Å². The van der Waals surface area contributed by atoms with Crippen LogP contribution in [0.15, 0.2) is 53.4 Å². The Bertz CT molecular complexity index is 1150. The largest absolute Gasteiger partial charge is 0.494 e. The first-order valence-electron chi connectivity index (χ1n) is 10.4. The highest BCUT2D eigenvalue weighted by molar-refractivity contribution is 8.00. The second-order valence-corrected chi connectivity index (χ2v) is 10.4. The summed E-state index contributed by atoms with van der Waals surface area (Å²) < 4.78 is 35.8. The van der Waals surface area contributed by atoms with Crippen molar-refractivity contribution in [3.8, 4) is 5.75 Å². The fourth-order valence-corrected chi connectivity index (χ4v) is 5.53. The minimum atomic E-state index is -3.92. The Balaban J connectivity index is 1.55. The van der Waals surface area contributed by atoms with Gasteiger partial charge >= 0.3 is 5.97 Å². The summed E-state index contributed by atoms with van der Waals surface area (Å²) in [5, 5.41) is 6.86. The quantitative estimate of drug-likeness (QED) is 0.430. The predicted molar refractivity (Wildman–Crippen MR) is 127 cm³/mol. The first-order chi connectivity index (χ1) is 16.3. The van der Waals surface area contributed by atoms with Gasteiger partial charge in [0, 0.05) is 6.54 Å². The number of ether oxygens (including phenoxy) is 2. The molecule has 0 aromatic heterocycles. The van der Waals surface area contributed by atoms with E-state index < -0.39 is 38.4 Å². The van der Waals surface area contributed by atoms with E-state index in [1.54, 1.807) is 30.3 Å². The average molecular weight is 508 g/mol. The molecule has 2 aromatic rings. The van der Waals surface area contributed by atoms with Gasteiger partial charge in [0.15, 0.2) is 15.1 Å². The van der Waals surface area contributed by atoms with Gasteiger partial charge in [0.05, 0.1) is 35.6 Å². The molecule has 34 heavy (non-hydrogen) atoms. The van der Waals surface area contributed by atoms with Crippen LogP contribution in [0.25, 0.3) is 0 Å². The number of carbonyl (C=O) groups excluding carboxylic acids is 3. The molecule has 10 nitrogen and oxygen atoms in total. The number of thioether (sulfide) groups is 1. The van der Waals surface area contributed by atoms with Crippen molar-refractivity contribution in [2.24, 2.45) is 0 Å². The van der Waals surface area contributed by atoms with Gasteiger partial charge in [-0.05, 0) is 43.3 Å². The van der Waals surface area contributed by atoms with Crippen LogP contribution in [0.1, 0.15) is 17.3 Å². The van der Waals surface area contributed by atoms with Crippen molar-refractivity contribution in [1.29, 1.82) is 0 Å². The Kier molecular flexibility index (Phi) is 8.53. The summed E-state index contributed by atoms with van der Waals surface area (Å²) in [5.74, 6) is -1.15. The highest BCUT2D eigenvalue weighted by Gasteiger charge is 2.38. The molecule has 3 N–H and O–H groups in total. The number of carbonyl (C=O) groups is 3. The molecule has 0 radical (unpaired) electrons. The van der Waals surface area contributed by atoms with Crippen molar-refractivity contribution in [3.05, 3.63) is 54.1 Å². The second-order valence-electron chi connectivity index (χ2n) is 7.13. The van der Waals surface area contributed by atoms with Crippen LogP contribution in [0.5, 0.6) is 5.75 Å². The lowest BCUT2D eigenvalue weighted by Crippen LogP contribution is -2.59. The molecule has 2 unspecified atom stereocenters. The number of benzene rings is 2. The standard InChI is InChI=1S/C22H25N3O7S2/c1-3-32-14-8-10-15(11-9-14)34(29,30)18-12-23-22(25-20(18)27)33-13-19(26)24-17-7-5-4-6-16(17)21(28)31-2/h4-11,18,22-23H,3,12-13H2,1-2H3,(H,24,26)(H,25,27). The van der Waals surface area contributed by atoms with Gasteiger partial charge in [-0.25, -0.2) is 13.2 Å². The van der Waals surface area contributed by atoms with E-state index in [1.807, 2.05) is 6.92 Å². The molecule has 2 amide bonds. The average Bonchev–Trinajstić information content (AvgIpc) is 2.83. The molecule has 3 rings (SSSR count). The maximum atomic E-state index is 12.9. The number of anilines is 1. The number of hydrogen-bond donors (Lipinski definition) is 3. The fraction of sp³-hybridized carbons (Fsp3) is 0.318. The molecule has 0 aliphatic carbocycles. The number of sulfone groups is 1. The predicted octanol–water partition coefficient (Wildman–Crippen LogP) is 1.39. The molecular weight excluding hydrogens is 482 g/mol. The van der Waals surface area contributed by atoms with E-state index in [0.717, 1.165) is 11.8 Å². The highest BCUT2D eigenvalue weighted by atomic mass is 32.2. The van der Waals surface area contributed by atoms with Crippen molar-refractivity contribution in [1.82, 2.24) is 10.6 Å². The third-order valence-corrected chi connectivity index (χ3v) is 7.99. The smallest absolute Gasteiger partial charge is 0.339 e. The SMILES string of the molecule is CCOc1ccc(S(=O)(=O)C2CNC(SCC(=O)Nc3ccccc3C(=O)OC)NC2=O)cc1. The number of esters is 1. The van der Waals surface area contributed by atoms with E-state index >= 15 is 0 Å². The second kappa shape index (κ2) is 11.4. The molecule has 182 valence electrons. The number of rotatable bonds is 9. The lowest BCUT2D eigenvalue weighted by Gasteiger charge is -2.29. The molecule has 0 saturated carbocycles. The van der Waals surface area contributed by atoms with Gasteiger partial charge in [-0.15, -0.1) is 11.8 Å². The summed E-state index contributed by atoms with van der Waals surface area (Å²) in [6, 6.07) is 12.3. The molecule has 1 aliphatic heterocycles. The van der Waals surface area contributed by atoms with Gasteiger partial charge in [-0.2, -0.15) is 0 Å². The van der Waals surface area contributed by atoms with Crippen LogP contribution in [0, 0.1) is 0 Å². The number of para-hydroxylation sites is 1. The highest BCUT2D eigenvalue weighted by Crippen LogP contribution is 2.23. The molecular formula is C22H25N3O7S2. The van der Waals surface area contributed by atoms with Crippen LogP contribution in [-0.4, -0.2) is 63.0 Å². The first-order valence-corrected chi connectivity index (χ1v) is 12.9. The maximum Gasteiger partial charge on any atom is 0.339 e. The van der Waals surface area contributed by atoms with Crippen LogP contribution >= 0.6 is 11.8 Å². The number of methoxy groups -OCH3 is 1. The van der Waals surface area contributed by atoms with E-state index in [4.69, 9.17) is 9.47 Å². The number of nitrogens with one attached hydrogen (secondary N) is 3. The van der Waals surface area contributed by atoms with Gasteiger partial charge in [0.1, 0.15) is 11.2 Å². The van der Waals surface area contributed by atoms with Gasteiger partial charge in [0.25, 0.3) is 0 Å². The minimum Gasteiger partial charge on any atom is -0.494 e. The zero-order chi connectivity index (χ0) is 24.7. The molecule has 1 saturated heterocycles. The topological polar surface area (TPSA) is 140 Å². The van der Waals surface area contributed by atoms with Crippen molar-refractivity contribution in [2.75, 3.05) is 31.3 Å². The summed E-state index contributed by atoms with van der Waals surface area (Å²) in [7, 11) is -2.67. The van der Waals surface area contributed by atoms with Crippen LogP contribution < -0.4 is 20.7 Å². The summed E-state index contributed by atoms with van der Waals surface area (Å²) in [5.41, 5.74) is -0.127. The minimum absolute atomic E-state index is 0.0210. The van der Waals surface area contributed by atoms with E-state index in [-0.39, 0.29) is 22.8 Å². The van der Waals surface area contributed by atoms with Crippen molar-refractivity contribution < 1.29 is 32.3 Å². The zero-order valence-corrected chi connectivity index (χ0v) is 20.2. The van der Waals surface area contributed by atoms with Gasteiger partial charge in [-0.3, -0.25) is 14.9 Å². The molecule has 2 aromatic carbocycles. The first kappa shape index (κ1) is 25.5. The van der Waals surface area contributed by atoms with E-state index in [0.29, 0.717) is 18.0 Å². The number of hydrogen-bond acceptors (Lipinski definition) is 9. The Labute approximate surface area is 201 Å². The number of amides is 2. The Morgan fingerprint density at radius 3 is 2.50 bits per heavy atom. The van der Waals surface area contributed by atoms with Gasteiger partial charge < -0.3 is 20.1 Å². The monoisotopic (exact) mass is 507 g/mol. The van der Waals surface area contributed by atoms with Crippen LogP contribution in [0.2, 0.25) is 0 Å². The van der Waals surface area contributed by atoms with Crippen LogP contribution in [0.4, 0.5) is 5.69 Å². The molecule has 12 heteroatoms. The van der Waals surface area contributed by atoms with Crippen LogP contribution in [-0.2, 0) is 24.2 Å². The Morgan fingerprint density at radius 2 is 1.85 bits per heavy atom.